The quantitative estimate of drug-likeness (QED) is 0.646. The van der Waals surface area contributed by atoms with Gasteiger partial charge in [0.15, 0.2) is 0 Å². The van der Waals surface area contributed by atoms with Gasteiger partial charge >= 0.3 is 6.18 Å². The zero-order chi connectivity index (χ0) is 21.1. The van der Waals surface area contributed by atoms with Gasteiger partial charge in [0.1, 0.15) is 5.82 Å². The summed E-state index contributed by atoms with van der Waals surface area (Å²) in [7, 11) is 0. The summed E-state index contributed by atoms with van der Waals surface area (Å²) in [6, 6.07) is 7.59. The fourth-order valence-electron chi connectivity index (χ4n) is 3.78. The van der Waals surface area contributed by atoms with E-state index in [1.807, 2.05) is 6.07 Å². The number of aromatic nitrogens is 2. The van der Waals surface area contributed by atoms with Crippen LogP contribution in [0.15, 0.2) is 30.3 Å². The number of aryl methyl sites for hydroxylation is 1. The van der Waals surface area contributed by atoms with Crippen LogP contribution in [0.3, 0.4) is 0 Å². The summed E-state index contributed by atoms with van der Waals surface area (Å²) >= 11 is 0. The van der Waals surface area contributed by atoms with E-state index in [4.69, 9.17) is 0 Å². The summed E-state index contributed by atoms with van der Waals surface area (Å²) < 4.78 is 39.1. The average molecular weight is 419 g/mol. The highest BCUT2D eigenvalue weighted by Gasteiger charge is 2.30. The van der Waals surface area contributed by atoms with Crippen LogP contribution in [-0.2, 0) is 12.6 Å². The smallest absolute Gasteiger partial charge is 0.355 e. The molecule has 1 saturated carbocycles. The standard InChI is InChI=1S/C22H28F3N5/c1-2-4-17-12-20(30-10-9-19(14-30)26-13-15-7-8-15)29-21(27-17)28-18-6-3-5-16(11-18)22(23,24)25/h3,5-6,11-12,15,19,26H,2,4,7-10,13-14H2,1H3,(H,27,28,29). The molecule has 2 aromatic rings. The Kier molecular flexibility index (Phi) is 6.13. The van der Waals surface area contributed by atoms with Gasteiger partial charge < -0.3 is 15.5 Å². The summed E-state index contributed by atoms with van der Waals surface area (Å²) in [6.07, 6.45) is 1.08. The van der Waals surface area contributed by atoms with Crippen LogP contribution in [0.5, 0.6) is 0 Å². The fraction of sp³-hybridized carbons (Fsp3) is 0.545. The van der Waals surface area contributed by atoms with Crippen LogP contribution >= 0.6 is 0 Å². The number of nitrogens with one attached hydrogen (secondary N) is 2. The van der Waals surface area contributed by atoms with E-state index >= 15 is 0 Å². The number of halogens is 3. The van der Waals surface area contributed by atoms with E-state index in [-0.39, 0.29) is 0 Å². The molecular formula is C22H28F3N5. The van der Waals surface area contributed by atoms with Gasteiger partial charge in [0.05, 0.1) is 5.56 Å². The van der Waals surface area contributed by atoms with Gasteiger partial charge in [-0.05, 0) is 56.3 Å². The van der Waals surface area contributed by atoms with E-state index in [9.17, 15) is 13.2 Å². The Morgan fingerprint density at radius 1 is 1.13 bits per heavy atom. The highest BCUT2D eigenvalue weighted by Crippen LogP contribution is 2.32. The molecule has 4 rings (SSSR count). The van der Waals surface area contributed by atoms with E-state index < -0.39 is 11.7 Å². The van der Waals surface area contributed by atoms with Crippen molar-refractivity contribution in [3.63, 3.8) is 0 Å². The Balaban J connectivity index is 1.50. The Morgan fingerprint density at radius 3 is 2.70 bits per heavy atom. The number of benzene rings is 1. The van der Waals surface area contributed by atoms with Crippen molar-refractivity contribution >= 4 is 17.5 Å². The van der Waals surface area contributed by atoms with Gasteiger partial charge in [-0.1, -0.05) is 19.4 Å². The highest BCUT2D eigenvalue weighted by atomic mass is 19.4. The SMILES string of the molecule is CCCc1cc(N2CCC(NCC3CC3)C2)nc(Nc2cccc(C(F)(F)F)c2)n1. The molecule has 0 spiro atoms. The number of rotatable bonds is 8. The number of alkyl halides is 3. The van der Waals surface area contributed by atoms with Crippen molar-refractivity contribution in [2.75, 3.05) is 29.9 Å². The molecule has 2 N–H and O–H groups in total. The van der Waals surface area contributed by atoms with Gasteiger partial charge in [0, 0.05) is 36.6 Å². The molecule has 5 nitrogen and oxygen atoms in total. The van der Waals surface area contributed by atoms with Crippen LogP contribution in [0.4, 0.5) is 30.6 Å². The van der Waals surface area contributed by atoms with Gasteiger partial charge in [-0.15, -0.1) is 0 Å². The topological polar surface area (TPSA) is 53.1 Å². The molecule has 1 aromatic heterocycles. The van der Waals surface area contributed by atoms with Gasteiger partial charge in [-0.3, -0.25) is 0 Å². The van der Waals surface area contributed by atoms with Crippen LogP contribution < -0.4 is 15.5 Å². The van der Waals surface area contributed by atoms with Crippen molar-refractivity contribution in [2.45, 2.75) is 51.2 Å². The van der Waals surface area contributed by atoms with Crippen molar-refractivity contribution in [3.05, 3.63) is 41.6 Å². The maximum Gasteiger partial charge on any atom is 0.416 e. The summed E-state index contributed by atoms with van der Waals surface area (Å²) in [5.74, 6) is 2.01. The zero-order valence-corrected chi connectivity index (χ0v) is 17.2. The Hall–Kier alpha value is -2.35. The van der Waals surface area contributed by atoms with Crippen molar-refractivity contribution in [3.8, 4) is 0 Å². The molecule has 1 aliphatic heterocycles. The predicted molar refractivity (Wildman–Crippen MR) is 112 cm³/mol. The van der Waals surface area contributed by atoms with Crippen LogP contribution in [0.25, 0.3) is 0 Å². The third kappa shape index (κ3) is 5.41. The van der Waals surface area contributed by atoms with E-state index in [0.29, 0.717) is 17.7 Å². The van der Waals surface area contributed by atoms with E-state index in [2.05, 4.69) is 32.4 Å². The molecule has 0 bridgehead atoms. The lowest BCUT2D eigenvalue weighted by Crippen LogP contribution is -2.34. The van der Waals surface area contributed by atoms with Gasteiger partial charge in [-0.2, -0.15) is 18.2 Å². The summed E-state index contributed by atoms with van der Waals surface area (Å²) in [5, 5.41) is 6.62. The zero-order valence-electron chi connectivity index (χ0n) is 17.2. The van der Waals surface area contributed by atoms with Crippen LogP contribution in [0, 0.1) is 5.92 Å². The number of nitrogens with zero attached hydrogens (tertiary/aromatic N) is 3. The lowest BCUT2D eigenvalue weighted by molar-refractivity contribution is -0.137. The first-order valence-electron chi connectivity index (χ1n) is 10.7. The minimum Gasteiger partial charge on any atom is -0.355 e. The Bertz CT molecular complexity index is 866. The predicted octanol–water partition coefficient (Wildman–Crippen LogP) is 4.77. The number of anilines is 3. The van der Waals surface area contributed by atoms with Gasteiger partial charge in [-0.25, -0.2) is 4.98 Å². The normalized spacial score (nSPS) is 19.3. The fourth-order valence-corrected chi connectivity index (χ4v) is 3.78. The number of hydrogen-bond donors (Lipinski definition) is 2. The Labute approximate surface area is 175 Å². The number of hydrogen-bond acceptors (Lipinski definition) is 5. The van der Waals surface area contributed by atoms with Crippen molar-refractivity contribution in [1.29, 1.82) is 0 Å². The maximum absolute atomic E-state index is 13.0. The maximum atomic E-state index is 13.0. The minimum atomic E-state index is -4.38. The van der Waals surface area contributed by atoms with E-state index in [1.165, 1.54) is 18.9 Å². The van der Waals surface area contributed by atoms with E-state index in [1.54, 1.807) is 6.07 Å². The molecule has 30 heavy (non-hydrogen) atoms. The lowest BCUT2D eigenvalue weighted by atomic mass is 10.2. The highest BCUT2D eigenvalue weighted by molar-refractivity contribution is 5.57. The molecule has 1 saturated heterocycles. The third-order valence-electron chi connectivity index (χ3n) is 5.62. The van der Waals surface area contributed by atoms with Crippen molar-refractivity contribution in [2.24, 2.45) is 5.92 Å². The summed E-state index contributed by atoms with van der Waals surface area (Å²) in [6.45, 7) is 4.97. The molecule has 1 atom stereocenters. The third-order valence-corrected chi connectivity index (χ3v) is 5.62. The molecule has 2 aliphatic rings. The Morgan fingerprint density at radius 2 is 1.97 bits per heavy atom. The minimum absolute atomic E-state index is 0.329. The first-order chi connectivity index (χ1) is 14.4. The van der Waals surface area contributed by atoms with Gasteiger partial charge in [0.25, 0.3) is 0 Å². The van der Waals surface area contributed by atoms with Gasteiger partial charge in [0.2, 0.25) is 5.95 Å². The second-order valence-corrected chi connectivity index (χ2v) is 8.28. The first kappa shape index (κ1) is 20.9. The summed E-state index contributed by atoms with van der Waals surface area (Å²) in [5.41, 5.74) is 0.530. The van der Waals surface area contributed by atoms with Crippen LogP contribution in [0.2, 0.25) is 0 Å². The summed E-state index contributed by atoms with van der Waals surface area (Å²) in [4.78, 5) is 11.4. The average Bonchev–Trinajstić information content (AvgIpc) is 3.41. The molecule has 0 amide bonds. The second kappa shape index (κ2) is 8.79. The van der Waals surface area contributed by atoms with Crippen LogP contribution in [0.1, 0.15) is 43.9 Å². The monoisotopic (exact) mass is 419 g/mol. The molecular weight excluding hydrogens is 391 g/mol. The molecule has 162 valence electrons. The molecule has 1 aromatic carbocycles. The second-order valence-electron chi connectivity index (χ2n) is 8.28. The van der Waals surface area contributed by atoms with Crippen LogP contribution in [-0.4, -0.2) is 35.6 Å². The van der Waals surface area contributed by atoms with E-state index in [0.717, 1.165) is 68.5 Å². The largest absolute Gasteiger partial charge is 0.416 e. The van der Waals surface area contributed by atoms with Crippen molar-refractivity contribution < 1.29 is 13.2 Å². The molecule has 1 aliphatic carbocycles. The molecule has 0 radical (unpaired) electrons. The van der Waals surface area contributed by atoms with Crippen molar-refractivity contribution in [1.82, 2.24) is 15.3 Å². The molecule has 1 unspecified atom stereocenters. The first-order valence-corrected chi connectivity index (χ1v) is 10.7. The lowest BCUT2D eigenvalue weighted by Gasteiger charge is -2.20. The molecule has 2 fully saturated rings. The molecule has 8 heteroatoms. The molecule has 2 heterocycles.